The van der Waals surface area contributed by atoms with Crippen molar-refractivity contribution in [1.82, 2.24) is 0 Å². The Bertz CT molecular complexity index is 1900. The molecule has 0 bridgehead atoms. The van der Waals surface area contributed by atoms with Gasteiger partial charge in [0.2, 0.25) is 11.7 Å². The van der Waals surface area contributed by atoms with E-state index in [1.54, 1.807) is 30.3 Å². The van der Waals surface area contributed by atoms with Crippen LogP contribution in [0.5, 0.6) is 17.2 Å². The molecular weight excluding hydrogens is 610 g/mol. The van der Waals surface area contributed by atoms with E-state index < -0.39 is 30.2 Å². The number of anilines is 1. The second-order valence-electron chi connectivity index (χ2n) is 11.9. The molecule has 0 aliphatic carbocycles. The zero-order valence-corrected chi connectivity index (χ0v) is 26.5. The van der Waals surface area contributed by atoms with Crippen molar-refractivity contribution in [3.05, 3.63) is 144 Å². The number of furan rings is 1. The molecule has 9 heteroatoms. The van der Waals surface area contributed by atoms with Crippen LogP contribution in [0.15, 0.2) is 126 Å². The van der Waals surface area contributed by atoms with E-state index in [4.69, 9.17) is 18.6 Å². The predicted octanol–water partition coefficient (Wildman–Crippen LogP) is 7.40. The molecule has 1 aliphatic rings. The lowest BCUT2D eigenvalue weighted by molar-refractivity contribution is -0.147. The number of carbonyl (C=O) groups is 4. The van der Waals surface area contributed by atoms with Crippen LogP contribution in [-0.4, -0.2) is 36.8 Å². The number of amides is 1. The third kappa shape index (κ3) is 7.20. The van der Waals surface area contributed by atoms with E-state index in [-0.39, 0.29) is 41.4 Å². The number of esters is 2. The van der Waals surface area contributed by atoms with Gasteiger partial charge in [-0.25, -0.2) is 4.79 Å². The van der Waals surface area contributed by atoms with Gasteiger partial charge in [0, 0.05) is 29.6 Å². The lowest BCUT2D eigenvalue weighted by Crippen LogP contribution is -2.27. The van der Waals surface area contributed by atoms with Crippen LogP contribution in [0.2, 0.25) is 0 Å². The summed E-state index contributed by atoms with van der Waals surface area (Å²) in [4.78, 5) is 51.7. The predicted molar refractivity (Wildman–Crippen MR) is 177 cm³/mol. The topological polar surface area (TPSA) is 112 Å². The first-order chi connectivity index (χ1) is 23.2. The van der Waals surface area contributed by atoms with Gasteiger partial charge < -0.3 is 23.5 Å². The van der Waals surface area contributed by atoms with Gasteiger partial charge in [0.05, 0.1) is 12.2 Å². The summed E-state index contributed by atoms with van der Waals surface area (Å²) in [5.74, 6) is -1.06. The second kappa shape index (κ2) is 13.8. The van der Waals surface area contributed by atoms with Gasteiger partial charge in [0.1, 0.15) is 17.2 Å². The number of rotatable bonds is 11. The van der Waals surface area contributed by atoms with E-state index in [2.05, 4.69) is 38.1 Å². The summed E-state index contributed by atoms with van der Waals surface area (Å²) >= 11 is 0. The summed E-state index contributed by atoms with van der Waals surface area (Å²) in [6.07, 6.45) is 1.34. The van der Waals surface area contributed by atoms with Crippen molar-refractivity contribution in [2.75, 3.05) is 18.1 Å². The van der Waals surface area contributed by atoms with E-state index in [1.165, 1.54) is 52.6 Å². The standard InChI is InChI=1S/C39H33NO8/c1-39(2,28-7-4-3-5-8-28)29-12-18-31(19-13-29)47-32-20-14-30(15-21-32)40-24-27(23-36(40)42)37(43)46-25-34(41)26-10-16-33(17-11-26)48-38(44)35-9-6-22-45-35/h3-22,27H,23-25H2,1-2H3/t27-/m1/s1. The Balaban J connectivity index is 0.988. The lowest BCUT2D eigenvalue weighted by atomic mass is 9.78. The first kappa shape index (κ1) is 32.0. The van der Waals surface area contributed by atoms with Crippen LogP contribution in [0.4, 0.5) is 5.69 Å². The average molecular weight is 644 g/mol. The van der Waals surface area contributed by atoms with Gasteiger partial charge in [0.15, 0.2) is 12.4 Å². The SMILES string of the molecule is CC(C)(c1ccccc1)c1ccc(Oc2ccc(N3C[C@H](C(=O)OCC(=O)c4ccc(OC(=O)c5ccco5)cc4)CC3=O)cc2)cc1. The highest BCUT2D eigenvalue weighted by Gasteiger charge is 2.36. The Labute approximate surface area is 277 Å². The van der Waals surface area contributed by atoms with Gasteiger partial charge >= 0.3 is 11.9 Å². The minimum absolute atomic E-state index is 0.0211. The van der Waals surface area contributed by atoms with E-state index in [0.29, 0.717) is 17.2 Å². The molecule has 0 radical (unpaired) electrons. The van der Waals surface area contributed by atoms with Crippen LogP contribution >= 0.6 is 0 Å². The fraction of sp³-hybridized carbons (Fsp3) is 0.179. The van der Waals surface area contributed by atoms with Crippen molar-refractivity contribution in [3.8, 4) is 17.2 Å². The minimum atomic E-state index is -0.705. The molecule has 1 aliphatic heterocycles. The molecule has 1 atom stereocenters. The van der Waals surface area contributed by atoms with Crippen molar-refractivity contribution >= 4 is 29.3 Å². The van der Waals surface area contributed by atoms with Crippen LogP contribution in [-0.2, 0) is 19.7 Å². The molecule has 1 fully saturated rings. The maximum Gasteiger partial charge on any atom is 0.379 e. The third-order valence-corrected chi connectivity index (χ3v) is 8.37. The van der Waals surface area contributed by atoms with Crippen LogP contribution in [0.1, 0.15) is 52.3 Å². The number of ketones is 1. The zero-order chi connectivity index (χ0) is 33.7. The average Bonchev–Trinajstić information content (AvgIpc) is 3.79. The van der Waals surface area contributed by atoms with Gasteiger partial charge in [0.25, 0.3) is 0 Å². The zero-order valence-electron chi connectivity index (χ0n) is 26.5. The third-order valence-electron chi connectivity index (χ3n) is 8.37. The van der Waals surface area contributed by atoms with Crippen molar-refractivity contribution in [3.63, 3.8) is 0 Å². The number of benzene rings is 4. The van der Waals surface area contributed by atoms with Gasteiger partial charge in [-0.15, -0.1) is 0 Å². The molecule has 1 saturated heterocycles. The Morgan fingerprint density at radius 2 is 1.40 bits per heavy atom. The first-order valence-electron chi connectivity index (χ1n) is 15.5. The molecule has 48 heavy (non-hydrogen) atoms. The Hall–Kier alpha value is -5.96. The quantitative estimate of drug-likeness (QED) is 0.0832. The highest BCUT2D eigenvalue weighted by Crippen LogP contribution is 2.34. The summed E-state index contributed by atoms with van der Waals surface area (Å²) in [7, 11) is 0. The van der Waals surface area contributed by atoms with Crippen molar-refractivity contribution in [2.45, 2.75) is 25.7 Å². The molecule has 2 heterocycles. The molecule has 5 aromatic rings. The molecule has 0 spiro atoms. The molecule has 1 aromatic heterocycles. The fourth-order valence-electron chi connectivity index (χ4n) is 5.51. The summed E-state index contributed by atoms with van der Waals surface area (Å²) in [5.41, 5.74) is 3.15. The molecule has 1 amide bonds. The van der Waals surface area contributed by atoms with Crippen LogP contribution in [0.25, 0.3) is 0 Å². The molecule has 242 valence electrons. The molecule has 0 N–H and O–H groups in total. The van der Waals surface area contributed by atoms with Crippen LogP contribution in [0, 0.1) is 5.92 Å². The monoisotopic (exact) mass is 643 g/mol. The van der Waals surface area contributed by atoms with Crippen molar-refractivity contribution in [2.24, 2.45) is 5.92 Å². The van der Waals surface area contributed by atoms with E-state index in [1.807, 2.05) is 30.3 Å². The van der Waals surface area contributed by atoms with E-state index >= 15 is 0 Å². The summed E-state index contributed by atoms with van der Waals surface area (Å²) in [5, 5.41) is 0. The Kier molecular flexibility index (Phi) is 9.20. The number of carbonyl (C=O) groups excluding carboxylic acids is 4. The molecule has 9 nitrogen and oxygen atoms in total. The highest BCUT2D eigenvalue weighted by molar-refractivity contribution is 6.01. The number of ether oxygens (including phenoxy) is 3. The smallest absolute Gasteiger partial charge is 0.379 e. The fourth-order valence-corrected chi connectivity index (χ4v) is 5.51. The number of hydrogen-bond donors (Lipinski definition) is 0. The number of nitrogens with zero attached hydrogens (tertiary/aromatic N) is 1. The summed E-state index contributed by atoms with van der Waals surface area (Å²) in [6.45, 7) is 4.04. The lowest BCUT2D eigenvalue weighted by Gasteiger charge is -2.26. The minimum Gasteiger partial charge on any atom is -0.457 e. The Morgan fingerprint density at radius 3 is 2.04 bits per heavy atom. The van der Waals surface area contributed by atoms with Gasteiger partial charge in [-0.3, -0.25) is 14.4 Å². The highest BCUT2D eigenvalue weighted by atomic mass is 16.5. The van der Waals surface area contributed by atoms with Crippen molar-refractivity contribution in [1.29, 1.82) is 0 Å². The Morgan fingerprint density at radius 1 is 0.771 bits per heavy atom. The van der Waals surface area contributed by atoms with Crippen LogP contribution < -0.4 is 14.4 Å². The molecular formula is C39H33NO8. The van der Waals surface area contributed by atoms with E-state index in [0.717, 1.165) is 0 Å². The maximum atomic E-state index is 12.8. The van der Waals surface area contributed by atoms with Gasteiger partial charge in [-0.2, -0.15) is 0 Å². The van der Waals surface area contributed by atoms with Gasteiger partial charge in [-0.05, 0) is 83.9 Å². The van der Waals surface area contributed by atoms with Crippen LogP contribution in [0.3, 0.4) is 0 Å². The summed E-state index contributed by atoms with van der Waals surface area (Å²) in [6, 6.07) is 34.3. The largest absolute Gasteiger partial charge is 0.457 e. The summed E-state index contributed by atoms with van der Waals surface area (Å²) < 4.78 is 21.5. The second-order valence-corrected chi connectivity index (χ2v) is 11.9. The van der Waals surface area contributed by atoms with Gasteiger partial charge in [-0.1, -0.05) is 56.3 Å². The van der Waals surface area contributed by atoms with Crippen molar-refractivity contribution < 1.29 is 37.8 Å². The number of Topliss-reactive ketones (excluding diaryl/α,β-unsaturated/α-hetero) is 1. The molecule has 6 rings (SSSR count). The van der Waals surface area contributed by atoms with E-state index in [9.17, 15) is 19.2 Å². The molecule has 0 saturated carbocycles. The molecule has 0 unspecified atom stereocenters. The normalized spacial score (nSPS) is 14.4. The maximum absolute atomic E-state index is 12.8. The first-order valence-corrected chi connectivity index (χ1v) is 15.5. The molecule has 4 aromatic carbocycles. The number of hydrogen-bond acceptors (Lipinski definition) is 8.